The van der Waals surface area contributed by atoms with Crippen molar-refractivity contribution in [1.82, 2.24) is 4.90 Å². The summed E-state index contributed by atoms with van der Waals surface area (Å²) in [6.07, 6.45) is 0.750. The van der Waals surface area contributed by atoms with E-state index in [4.69, 9.17) is 0 Å². The average molecular weight is 335 g/mol. The zero-order chi connectivity index (χ0) is 15.6. The Bertz CT molecular complexity index is 723. The van der Waals surface area contributed by atoms with Crippen molar-refractivity contribution in [3.63, 3.8) is 0 Å². The number of rotatable bonds is 5. The second-order valence-corrected chi connectivity index (χ2v) is 9.23. The Labute approximate surface area is 136 Å². The van der Waals surface area contributed by atoms with Gasteiger partial charge in [-0.15, -0.1) is 11.3 Å². The predicted molar refractivity (Wildman–Crippen MR) is 91.8 cm³/mol. The van der Waals surface area contributed by atoms with Gasteiger partial charge in [0.05, 0.1) is 11.5 Å². The highest BCUT2D eigenvalue weighted by Gasteiger charge is 2.32. The highest BCUT2D eigenvalue weighted by Crippen LogP contribution is 2.24. The first-order valence-corrected chi connectivity index (χ1v) is 10.2. The van der Waals surface area contributed by atoms with Gasteiger partial charge in [-0.25, -0.2) is 8.42 Å². The van der Waals surface area contributed by atoms with Crippen molar-refractivity contribution in [3.05, 3.63) is 57.8 Å². The summed E-state index contributed by atoms with van der Waals surface area (Å²) in [5.74, 6) is 0.622. The van der Waals surface area contributed by atoms with Crippen LogP contribution in [0.2, 0.25) is 0 Å². The van der Waals surface area contributed by atoms with Crippen molar-refractivity contribution in [2.75, 3.05) is 11.5 Å². The summed E-state index contributed by atoms with van der Waals surface area (Å²) in [5, 5.41) is 2.08. The van der Waals surface area contributed by atoms with E-state index < -0.39 is 9.84 Å². The molecular formula is C17H21NO2S2. The summed E-state index contributed by atoms with van der Waals surface area (Å²) in [6, 6.07) is 12.7. The molecule has 0 bridgehead atoms. The Morgan fingerprint density at radius 1 is 1.18 bits per heavy atom. The zero-order valence-electron chi connectivity index (χ0n) is 12.7. The summed E-state index contributed by atoms with van der Waals surface area (Å²) in [5.41, 5.74) is 2.54. The monoisotopic (exact) mass is 335 g/mol. The number of hydrogen-bond acceptors (Lipinski definition) is 4. The summed E-state index contributed by atoms with van der Waals surface area (Å²) in [6.45, 7) is 3.75. The summed E-state index contributed by atoms with van der Waals surface area (Å²) < 4.78 is 23.7. The zero-order valence-corrected chi connectivity index (χ0v) is 14.4. The van der Waals surface area contributed by atoms with Gasteiger partial charge in [-0.1, -0.05) is 30.3 Å². The maximum Gasteiger partial charge on any atom is 0.151 e. The third-order valence-electron chi connectivity index (χ3n) is 4.30. The van der Waals surface area contributed by atoms with E-state index in [1.807, 2.05) is 6.07 Å². The van der Waals surface area contributed by atoms with E-state index >= 15 is 0 Å². The summed E-state index contributed by atoms with van der Waals surface area (Å²) in [4.78, 5) is 3.62. The second-order valence-electron chi connectivity index (χ2n) is 5.97. The quantitative estimate of drug-likeness (QED) is 0.842. The highest BCUT2D eigenvalue weighted by molar-refractivity contribution is 7.91. The lowest BCUT2D eigenvalue weighted by Crippen LogP contribution is -2.35. The number of nitrogens with zero attached hydrogens (tertiary/aromatic N) is 1. The van der Waals surface area contributed by atoms with Crippen molar-refractivity contribution in [2.24, 2.45) is 0 Å². The molecule has 0 amide bonds. The minimum atomic E-state index is -2.86. The van der Waals surface area contributed by atoms with Gasteiger partial charge >= 0.3 is 0 Å². The van der Waals surface area contributed by atoms with E-state index in [0.29, 0.717) is 11.5 Å². The Balaban J connectivity index is 1.81. The van der Waals surface area contributed by atoms with Gasteiger partial charge in [0.25, 0.3) is 0 Å². The number of thiophene rings is 1. The first-order chi connectivity index (χ1) is 10.5. The normalized spacial score (nSPS) is 20.5. The minimum Gasteiger partial charge on any atom is -0.290 e. The Morgan fingerprint density at radius 2 is 2.00 bits per heavy atom. The van der Waals surface area contributed by atoms with Crippen LogP contribution in [-0.2, 0) is 22.9 Å². The fourth-order valence-electron chi connectivity index (χ4n) is 2.99. The van der Waals surface area contributed by atoms with Gasteiger partial charge in [-0.3, -0.25) is 4.90 Å². The molecule has 1 aliphatic heterocycles. The topological polar surface area (TPSA) is 37.4 Å². The lowest BCUT2D eigenvalue weighted by Gasteiger charge is -2.28. The van der Waals surface area contributed by atoms with Crippen LogP contribution >= 0.6 is 11.3 Å². The van der Waals surface area contributed by atoms with Crippen LogP contribution in [0.4, 0.5) is 0 Å². The molecule has 2 aromatic rings. The molecule has 22 heavy (non-hydrogen) atoms. The maximum absolute atomic E-state index is 11.8. The number of sulfone groups is 1. The van der Waals surface area contributed by atoms with Gasteiger partial charge in [0.1, 0.15) is 0 Å². The highest BCUT2D eigenvalue weighted by atomic mass is 32.2. The van der Waals surface area contributed by atoms with Gasteiger partial charge in [-0.2, -0.15) is 0 Å². The molecule has 0 saturated carbocycles. The molecule has 1 saturated heterocycles. The lowest BCUT2D eigenvalue weighted by atomic mass is 10.1. The smallest absolute Gasteiger partial charge is 0.151 e. The molecule has 0 N–H and O–H groups in total. The third-order valence-corrected chi connectivity index (χ3v) is 6.91. The summed E-state index contributed by atoms with van der Waals surface area (Å²) in [7, 11) is -2.86. The fraction of sp³-hybridized carbons (Fsp3) is 0.412. The lowest BCUT2D eigenvalue weighted by molar-refractivity contribution is 0.196. The Morgan fingerprint density at radius 3 is 2.64 bits per heavy atom. The largest absolute Gasteiger partial charge is 0.290 e. The molecule has 118 valence electrons. The molecule has 1 aromatic heterocycles. The van der Waals surface area contributed by atoms with E-state index in [1.54, 1.807) is 11.3 Å². The van der Waals surface area contributed by atoms with Crippen LogP contribution < -0.4 is 0 Å². The van der Waals surface area contributed by atoms with E-state index in [1.165, 1.54) is 16.0 Å². The fourth-order valence-corrected chi connectivity index (χ4v) is 5.48. The molecule has 5 heteroatoms. The molecule has 0 spiro atoms. The predicted octanol–water partition coefficient (Wildman–Crippen LogP) is 3.25. The van der Waals surface area contributed by atoms with Crippen molar-refractivity contribution >= 4 is 21.2 Å². The standard InChI is InChI=1S/C17H21NO2S2/c1-14-5-2-3-6-15(14)11-18(12-17-7-4-9-21-17)16-8-10-22(19,20)13-16/h2-7,9,16H,8,10-13H2,1H3/t16-/m0/s1. The van der Waals surface area contributed by atoms with Crippen molar-refractivity contribution in [2.45, 2.75) is 32.5 Å². The second kappa shape index (κ2) is 6.52. The Hall–Kier alpha value is -1.17. The maximum atomic E-state index is 11.8. The number of aryl methyl sites for hydroxylation is 1. The van der Waals surface area contributed by atoms with Gasteiger partial charge < -0.3 is 0 Å². The Kier molecular flexibility index (Phi) is 4.66. The minimum absolute atomic E-state index is 0.131. The number of hydrogen-bond donors (Lipinski definition) is 0. The molecule has 3 nitrogen and oxygen atoms in total. The molecule has 1 fully saturated rings. The van der Waals surface area contributed by atoms with Crippen LogP contribution in [0.3, 0.4) is 0 Å². The van der Waals surface area contributed by atoms with Gasteiger partial charge in [0.15, 0.2) is 9.84 Å². The third kappa shape index (κ3) is 3.77. The van der Waals surface area contributed by atoms with Crippen molar-refractivity contribution < 1.29 is 8.42 Å². The molecule has 0 aliphatic carbocycles. The van der Waals surface area contributed by atoms with Crippen LogP contribution in [0.15, 0.2) is 41.8 Å². The van der Waals surface area contributed by atoms with E-state index in [9.17, 15) is 8.42 Å². The first-order valence-electron chi connectivity index (χ1n) is 7.55. The van der Waals surface area contributed by atoms with Crippen LogP contribution in [-0.4, -0.2) is 30.9 Å². The first kappa shape index (κ1) is 15.7. The van der Waals surface area contributed by atoms with E-state index in [0.717, 1.165) is 19.5 Å². The molecule has 0 radical (unpaired) electrons. The summed E-state index contributed by atoms with van der Waals surface area (Å²) >= 11 is 1.73. The van der Waals surface area contributed by atoms with Crippen LogP contribution in [0.1, 0.15) is 22.4 Å². The van der Waals surface area contributed by atoms with Crippen molar-refractivity contribution in [3.8, 4) is 0 Å². The van der Waals surface area contributed by atoms with Gasteiger partial charge in [-0.05, 0) is 35.9 Å². The SMILES string of the molecule is Cc1ccccc1CN(Cc1cccs1)[C@H]1CCS(=O)(=O)C1. The molecule has 1 aromatic carbocycles. The van der Waals surface area contributed by atoms with Crippen LogP contribution in [0.5, 0.6) is 0 Å². The molecule has 3 rings (SSSR count). The van der Waals surface area contributed by atoms with E-state index in [2.05, 4.69) is 47.5 Å². The van der Waals surface area contributed by atoms with Crippen molar-refractivity contribution in [1.29, 1.82) is 0 Å². The van der Waals surface area contributed by atoms with Crippen LogP contribution in [0, 0.1) is 6.92 Å². The number of benzene rings is 1. The molecule has 2 heterocycles. The van der Waals surface area contributed by atoms with E-state index in [-0.39, 0.29) is 6.04 Å². The van der Waals surface area contributed by atoms with Gasteiger partial charge in [0.2, 0.25) is 0 Å². The molecular weight excluding hydrogens is 314 g/mol. The van der Waals surface area contributed by atoms with Crippen LogP contribution in [0.25, 0.3) is 0 Å². The average Bonchev–Trinajstić information content (AvgIpc) is 3.10. The molecule has 1 aliphatic rings. The molecule has 1 atom stereocenters. The van der Waals surface area contributed by atoms with Gasteiger partial charge in [0, 0.05) is 24.0 Å². The molecule has 0 unspecified atom stereocenters.